The lowest BCUT2D eigenvalue weighted by Crippen LogP contribution is -2.38. The Kier molecular flexibility index (Phi) is 1.58. The van der Waals surface area contributed by atoms with Crippen molar-refractivity contribution in [3.63, 3.8) is 0 Å². The van der Waals surface area contributed by atoms with Crippen molar-refractivity contribution >= 4 is 5.97 Å². The lowest BCUT2D eigenvalue weighted by Gasteiger charge is -2.37. The largest absolute Gasteiger partial charge is 0.445 e. The van der Waals surface area contributed by atoms with Crippen LogP contribution in [0.2, 0.25) is 0 Å². The van der Waals surface area contributed by atoms with Gasteiger partial charge in [-0.3, -0.25) is 0 Å². The van der Waals surface area contributed by atoms with Crippen LogP contribution in [0.1, 0.15) is 20.3 Å². The van der Waals surface area contributed by atoms with Crippen molar-refractivity contribution < 1.29 is 22.7 Å². The molecule has 1 aliphatic carbocycles. The summed E-state index contributed by atoms with van der Waals surface area (Å²) in [5.74, 6) is -0.804. The van der Waals surface area contributed by atoms with E-state index in [1.807, 2.05) is 0 Å². The van der Waals surface area contributed by atoms with E-state index < -0.39 is 23.7 Å². The van der Waals surface area contributed by atoms with Crippen LogP contribution in [0.4, 0.5) is 13.2 Å². The minimum absolute atomic E-state index is 0.120. The van der Waals surface area contributed by atoms with Gasteiger partial charge in [0.05, 0.1) is 0 Å². The van der Waals surface area contributed by atoms with Gasteiger partial charge in [0.15, 0.2) is 0 Å². The van der Waals surface area contributed by atoms with Gasteiger partial charge >= 0.3 is 12.1 Å². The molecule has 1 unspecified atom stereocenters. The molecule has 0 aromatic rings. The number of carbonyl (C=O) groups is 1. The van der Waals surface area contributed by atoms with Gasteiger partial charge in [0, 0.05) is 5.57 Å². The molecule has 0 N–H and O–H groups in total. The highest BCUT2D eigenvalue weighted by atomic mass is 19.4. The van der Waals surface area contributed by atoms with E-state index in [0.29, 0.717) is 6.42 Å². The number of halogens is 3. The highest BCUT2D eigenvalue weighted by Crippen LogP contribution is 2.55. The number of esters is 1. The fraction of sp³-hybridized carbons (Fsp3) is 0.667. The molecule has 0 amide bonds. The zero-order valence-electron chi connectivity index (χ0n) is 7.73. The van der Waals surface area contributed by atoms with Crippen LogP contribution in [-0.4, -0.2) is 18.2 Å². The van der Waals surface area contributed by atoms with E-state index in [-0.39, 0.29) is 11.1 Å². The van der Waals surface area contributed by atoms with Crippen LogP contribution >= 0.6 is 0 Å². The summed E-state index contributed by atoms with van der Waals surface area (Å²) in [5, 5.41) is 0. The van der Waals surface area contributed by atoms with Crippen LogP contribution in [0.5, 0.6) is 0 Å². The van der Waals surface area contributed by atoms with Gasteiger partial charge in [0.25, 0.3) is 0 Å². The standard InChI is InChI=1S/C9H9F3O2/c1-8(2)3-4-5(8)6(9(10,11)12)14-7(4)13/h6H,3H2,1-2H3. The highest BCUT2D eigenvalue weighted by Gasteiger charge is 2.59. The molecule has 2 aliphatic rings. The monoisotopic (exact) mass is 206 g/mol. The molecule has 0 fully saturated rings. The third-order valence-corrected chi connectivity index (χ3v) is 2.70. The Bertz CT molecular complexity index is 338. The van der Waals surface area contributed by atoms with Crippen molar-refractivity contribution in [2.75, 3.05) is 0 Å². The van der Waals surface area contributed by atoms with Gasteiger partial charge in [-0.2, -0.15) is 13.2 Å². The number of ether oxygens (including phenoxy) is 1. The molecule has 1 atom stereocenters. The molecule has 0 spiro atoms. The van der Waals surface area contributed by atoms with Gasteiger partial charge in [-0.05, 0) is 17.4 Å². The van der Waals surface area contributed by atoms with Gasteiger partial charge in [-0.25, -0.2) is 4.79 Å². The Labute approximate surface area is 78.7 Å². The predicted molar refractivity (Wildman–Crippen MR) is 41.4 cm³/mol. The minimum Gasteiger partial charge on any atom is -0.445 e. The van der Waals surface area contributed by atoms with E-state index >= 15 is 0 Å². The van der Waals surface area contributed by atoms with Crippen molar-refractivity contribution in [3.8, 4) is 0 Å². The van der Waals surface area contributed by atoms with Crippen molar-refractivity contribution in [3.05, 3.63) is 11.1 Å². The van der Waals surface area contributed by atoms with Crippen LogP contribution in [0, 0.1) is 5.41 Å². The molecule has 2 rings (SSSR count). The van der Waals surface area contributed by atoms with Crippen LogP contribution < -0.4 is 0 Å². The van der Waals surface area contributed by atoms with E-state index in [1.54, 1.807) is 13.8 Å². The highest BCUT2D eigenvalue weighted by molar-refractivity contribution is 5.95. The number of hydrogen-bond acceptors (Lipinski definition) is 2. The molecule has 5 heteroatoms. The molecule has 0 aromatic heterocycles. The molecule has 0 saturated carbocycles. The first kappa shape index (κ1) is 9.55. The van der Waals surface area contributed by atoms with Gasteiger partial charge in [0.1, 0.15) is 0 Å². The predicted octanol–water partition coefficient (Wildman–Crippen LogP) is 2.20. The molecule has 14 heavy (non-hydrogen) atoms. The number of cyclic esters (lactones) is 1. The number of carbonyl (C=O) groups excluding carboxylic acids is 1. The minimum atomic E-state index is -4.48. The second-order valence-corrected chi connectivity index (χ2v) is 4.28. The van der Waals surface area contributed by atoms with E-state index in [1.165, 1.54) is 0 Å². The van der Waals surface area contributed by atoms with E-state index in [4.69, 9.17) is 0 Å². The molecule has 0 aromatic carbocycles. The average molecular weight is 206 g/mol. The zero-order valence-corrected chi connectivity index (χ0v) is 7.73. The maximum Gasteiger partial charge on any atom is 0.429 e. The molecular formula is C9H9F3O2. The summed E-state index contributed by atoms with van der Waals surface area (Å²) in [7, 11) is 0. The molecule has 78 valence electrons. The lowest BCUT2D eigenvalue weighted by molar-refractivity contribution is -0.205. The second kappa shape index (κ2) is 2.32. The molecule has 0 bridgehead atoms. The van der Waals surface area contributed by atoms with E-state index in [9.17, 15) is 18.0 Å². The summed E-state index contributed by atoms with van der Waals surface area (Å²) < 4.78 is 41.6. The van der Waals surface area contributed by atoms with Crippen LogP contribution in [0.15, 0.2) is 11.1 Å². The Morgan fingerprint density at radius 3 is 2.36 bits per heavy atom. The fourth-order valence-electron chi connectivity index (χ4n) is 2.10. The molecule has 0 radical (unpaired) electrons. The summed E-state index contributed by atoms with van der Waals surface area (Å²) in [6.45, 7) is 3.37. The Balaban J connectivity index is 2.39. The summed E-state index contributed by atoms with van der Waals surface area (Å²) in [4.78, 5) is 11.0. The lowest BCUT2D eigenvalue weighted by atomic mass is 9.65. The van der Waals surface area contributed by atoms with Crippen LogP contribution in [0.25, 0.3) is 0 Å². The second-order valence-electron chi connectivity index (χ2n) is 4.28. The third-order valence-electron chi connectivity index (χ3n) is 2.70. The number of rotatable bonds is 0. The van der Waals surface area contributed by atoms with Crippen molar-refractivity contribution in [1.82, 2.24) is 0 Å². The Hall–Kier alpha value is -1.00. The molecule has 2 nitrogen and oxygen atoms in total. The quantitative estimate of drug-likeness (QED) is 0.568. The molecule has 1 aliphatic heterocycles. The van der Waals surface area contributed by atoms with Gasteiger partial charge < -0.3 is 4.74 Å². The first-order valence-electron chi connectivity index (χ1n) is 4.25. The summed E-state index contributed by atoms with van der Waals surface area (Å²) >= 11 is 0. The fourth-order valence-corrected chi connectivity index (χ4v) is 2.10. The normalized spacial score (nSPS) is 29.8. The molecule has 1 heterocycles. The van der Waals surface area contributed by atoms with Crippen molar-refractivity contribution in [2.24, 2.45) is 5.41 Å². The number of alkyl halides is 3. The summed E-state index contributed by atoms with van der Waals surface area (Å²) in [5.41, 5.74) is -0.214. The SMILES string of the molecule is CC1(C)CC2=C1C(C(F)(F)F)OC2=O. The summed E-state index contributed by atoms with van der Waals surface area (Å²) in [6, 6.07) is 0. The van der Waals surface area contributed by atoms with E-state index in [0.717, 1.165) is 0 Å². The maximum absolute atomic E-state index is 12.4. The van der Waals surface area contributed by atoms with E-state index in [2.05, 4.69) is 4.74 Å². The first-order valence-corrected chi connectivity index (χ1v) is 4.25. The van der Waals surface area contributed by atoms with Gasteiger partial charge in [-0.1, -0.05) is 13.8 Å². The Morgan fingerprint density at radius 2 is 2.00 bits per heavy atom. The third kappa shape index (κ3) is 1.07. The smallest absolute Gasteiger partial charge is 0.429 e. The van der Waals surface area contributed by atoms with Gasteiger partial charge in [0.2, 0.25) is 6.10 Å². The van der Waals surface area contributed by atoms with Crippen LogP contribution in [-0.2, 0) is 9.53 Å². The van der Waals surface area contributed by atoms with Crippen molar-refractivity contribution in [1.29, 1.82) is 0 Å². The Morgan fingerprint density at radius 1 is 1.43 bits per heavy atom. The zero-order chi connectivity index (χ0) is 10.7. The van der Waals surface area contributed by atoms with Crippen molar-refractivity contribution in [2.45, 2.75) is 32.5 Å². The number of hydrogen-bond donors (Lipinski definition) is 0. The summed E-state index contributed by atoms with van der Waals surface area (Å²) in [6.07, 6.45) is -6.10. The maximum atomic E-state index is 12.4. The van der Waals surface area contributed by atoms with Gasteiger partial charge in [-0.15, -0.1) is 0 Å². The topological polar surface area (TPSA) is 26.3 Å². The molecule has 0 saturated heterocycles. The average Bonchev–Trinajstić information content (AvgIpc) is 2.23. The van der Waals surface area contributed by atoms with Crippen LogP contribution in [0.3, 0.4) is 0 Å². The first-order chi connectivity index (χ1) is 6.23. The molecular weight excluding hydrogens is 197 g/mol.